The van der Waals surface area contributed by atoms with E-state index in [9.17, 15) is 9.90 Å². The van der Waals surface area contributed by atoms with Gasteiger partial charge >= 0.3 is 0 Å². The molecule has 1 N–H and O–H groups in total. The number of aliphatic hydroxyl groups is 1. The number of carbonyl (C=O) groups is 1. The van der Waals surface area contributed by atoms with Gasteiger partial charge in [0, 0.05) is 12.7 Å². The Morgan fingerprint density at radius 2 is 2.35 bits per heavy atom. The molecule has 2 aromatic heterocycles. The molecule has 106 valence electrons. The topological polar surface area (TPSA) is 83.6 Å². The average molecular weight is 275 g/mol. The molecule has 0 bridgehead atoms. The lowest BCUT2D eigenvalue weighted by atomic mass is 10.1. The van der Waals surface area contributed by atoms with Crippen LogP contribution in [-0.4, -0.2) is 54.7 Å². The number of aliphatic hydroxyl groups excluding tert-OH is 1. The van der Waals surface area contributed by atoms with E-state index in [0.717, 1.165) is 18.5 Å². The Bertz CT molecular complexity index is 639. The molecule has 0 aliphatic carbocycles. The summed E-state index contributed by atoms with van der Waals surface area (Å²) in [4.78, 5) is 22.6. The van der Waals surface area contributed by atoms with Crippen molar-refractivity contribution in [2.24, 2.45) is 0 Å². The molecule has 3 rings (SSSR count). The van der Waals surface area contributed by atoms with Crippen LogP contribution in [0, 0.1) is 0 Å². The van der Waals surface area contributed by atoms with E-state index >= 15 is 0 Å². The van der Waals surface area contributed by atoms with Gasteiger partial charge in [-0.2, -0.15) is 10.1 Å². The summed E-state index contributed by atoms with van der Waals surface area (Å²) in [5, 5.41) is 13.5. The van der Waals surface area contributed by atoms with E-state index in [1.807, 2.05) is 6.92 Å². The predicted octanol–water partition coefficient (Wildman–Crippen LogP) is 0.284. The van der Waals surface area contributed by atoms with Gasteiger partial charge in [0.05, 0.1) is 23.9 Å². The Morgan fingerprint density at radius 3 is 3.10 bits per heavy atom. The maximum atomic E-state index is 12.7. The van der Waals surface area contributed by atoms with Gasteiger partial charge in [-0.15, -0.1) is 0 Å². The van der Waals surface area contributed by atoms with Crippen molar-refractivity contribution in [1.82, 2.24) is 24.5 Å². The number of aromatic nitrogens is 4. The van der Waals surface area contributed by atoms with Crippen LogP contribution < -0.4 is 0 Å². The van der Waals surface area contributed by atoms with E-state index in [-0.39, 0.29) is 18.6 Å². The van der Waals surface area contributed by atoms with E-state index in [0.29, 0.717) is 24.3 Å². The van der Waals surface area contributed by atoms with Gasteiger partial charge in [-0.3, -0.25) is 4.79 Å². The fourth-order valence-corrected chi connectivity index (χ4v) is 2.79. The van der Waals surface area contributed by atoms with Gasteiger partial charge in [0.1, 0.15) is 6.33 Å². The highest BCUT2D eigenvalue weighted by atomic mass is 16.3. The molecule has 1 fully saturated rings. The summed E-state index contributed by atoms with van der Waals surface area (Å²) < 4.78 is 1.61. The lowest BCUT2D eigenvalue weighted by molar-refractivity contribution is 0.0675. The van der Waals surface area contributed by atoms with Crippen molar-refractivity contribution in [2.45, 2.75) is 32.2 Å². The maximum Gasteiger partial charge on any atom is 0.257 e. The van der Waals surface area contributed by atoms with Gasteiger partial charge in [0.15, 0.2) is 0 Å². The Kier molecular flexibility index (Phi) is 3.35. The van der Waals surface area contributed by atoms with Gasteiger partial charge in [0.2, 0.25) is 0 Å². The first-order chi connectivity index (χ1) is 9.76. The average Bonchev–Trinajstić information content (AvgIpc) is 3.13. The zero-order valence-corrected chi connectivity index (χ0v) is 11.4. The van der Waals surface area contributed by atoms with Crippen LogP contribution in [0.3, 0.4) is 0 Å². The molecule has 0 radical (unpaired) electrons. The van der Waals surface area contributed by atoms with E-state index < -0.39 is 0 Å². The van der Waals surface area contributed by atoms with Crippen LogP contribution in [0.2, 0.25) is 0 Å². The van der Waals surface area contributed by atoms with Crippen LogP contribution in [0.4, 0.5) is 0 Å². The monoisotopic (exact) mass is 275 g/mol. The second-order valence-corrected chi connectivity index (χ2v) is 4.92. The third-order valence-electron chi connectivity index (χ3n) is 3.82. The highest BCUT2D eigenvalue weighted by Crippen LogP contribution is 2.21. The standard InChI is InChI=1S/C13H17N5O2/c1-2-11-10(6-14-13-15-8-16-18(11)13)12(20)17-5-3-4-9(17)7-19/h6,8-9,19H,2-5,7H2,1H3/t9-/m1/s1. The summed E-state index contributed by atoms with van der Waals surface area (Å²) >= 11 is 0. The molecule has 20 heavy (non-hydrogen) atoms. The van der Waals surface area contributed by atoms with Crippen LogP contribution in [0.5, 0.6) is 0 Å². The van der Waals surface area contributed by atoms with Crippen molar-refractivity contribution in [3.05, 3.63) is 23.8 Å². The number of rotatable bonds is 3. The van der Waals surface area contributed by atoms with Gasteiger partial charge in [-0.25, -0.2) is 9.50 Å². The summed E-state index contributed by atoms with van der Waals surface area (Å²) in [6.45, 7) is 2.66. The fraction of sp³-hybridized carbons (Fsp3) is 0.538. The minimum absolute atomic E-state index is 0.00615. The van der Waals surface area contributed by atoms with Crippen LogP contribution in [0.15, 0.2) is 12.5 Å². The lowest BCUT2D eigenvalue weighted by Crippen LogP contribution is -2.38. The number of fused-ring (bicyclic) bond motifs is 1. The lowest BCUT2D eigenvalue weighted by Gasteiger charge is -2.23. The van der Waals surface area contributed by atoms with E-state index in [1.165, 1.54) is 6.33 Å². The molecule has 0 spiro atoms. The van der Waals surface area contributed by atoms with Crippen LogP contribution in [0.25, 0.3) is 5.78 Å². The molecule has 2 aromatic rings. The summed E-state index contributed by atoms with van der Waals surface area (Å²) in [5.74, 6) is 0.418. The third kappa shape index (κ3) is 1.94. The zero-order valence-electron chi connectivity index (χ0n) is 11.4. The van der Waals surface area contributed by atoms with Gasteiger partial charge < -0.3 is 10.0 Å². The summed E-state index contributed by atoms with van der Waals surface area (Å²) in [6.07, 6.45) is 5.45. The molecule has 1 amide bonds. The summed E-state index contributed by atoms with van der Waals surface area (Å²) in [7, 11) is 0. The molecule has 0 saturated carbocycles. The van der Waals surface area contributed by atoms with Crippen molar-refractivity contribution in [1.29, 1.82) is 0 Å². The van der Waals surface area contributed by atoms with Crippen LogP contribution >= 0.6 is 0 Å². The minimum Gasteiger partial charge on any atom is -0.394 e. The van der Waals surface area contributed by atoms with Crippen molar-refractivity contribution in [3.8, 4) is 0 Å². The third-order valence-corrected chi connectivity index (χ3v) is 3.82. The van der Waals surface area contributed by atoms with Crippen molar-refractivity contribution >= 4 is 11.7 Å². The molecule has 0 aromatic carbocycles. The van der Waals surface area contributed by atoms with E-state index in [1.54, 1.807) is 15.6 Å². The highest BCUT2D eigenvalue weighted by Gasteiger charge is 2.30. The molecule has 1 aliphatic heterocycles. The first kappa shape index (κ1) is 13.0. The second kappa shape index (κ2) is 5.16. The highest BCUT2D eigenvalue weighted by molar-refractivity contribution is 5.95. The molecule has 3 heterocycles. The summed E-state index contributed by atoms with van der Waals surface area (Å²) in [6, 6.07) is -0.0846. The maximum absolute atomic E-state index is 12.7. The fourth-order valence-electron chi connectivity index (χ4n) is 2.79. The Labute approximate surface area is 116 Å². The van der Waals surface area contributed by atoms with E-state index in [2.05, 4.69) is 15.1 Å². The number of amides is 1. The minimum atomic E-state index is -0.0846. The quantitative estimate of drug-likeness (QED) is 0.870. The molecule has 1 saturated heterocycles. The van der Waals surface area contributed by atoms with Gasteiger partial charge in [0.25, 0.3) is 11.7 Å². The first-order valence-electron chi connectivity index (χ1n) is 6.85. The summed E-state index contributed by atoms with van der Waals surface area (Å²) in [5.41, 5.74) is 1.35. The van der Waals surface area contributed by atoms with Crippen LogP contribution in [-0.2, 0) is 6.42 Å². The second-order valence-electron chi connectivity index (χ2n) is 4.92. The Morgan fingerprint density at radius 1 is 1.50 bits per heavy atom. The smallest absolute Gasteiger partial charge is 0.257 e. The van der Waals surface area contributed by atoms with Crippen molar-refractivity contribution in [3.63, 3.8) is 0 Å². The van der Waals surface area contributed by atoms with E-state index in [4.69, 9.17) is 0 Å². The van der Waals surface area contributed by atoms with Gasteiger partial charge in [-0.05, 0) is 19.3 Å². The number of aryl methyl sites for hydroxylation is 1. The number of hydrogen-bond donors (Lipinski definition) is 1. The van der Waals surface area contributed by atoms with Crippen molar-refractivity contribution < 1.29 is 9.90 Å². The van der Waals surface area contributed by atoms with Crippen molar-refractivity contribution in [2.75, 3.05) is 13.2 Å². The van der Waals surface area contributed by atoms with Crippen LogP contribution in [0.1, 0.15) is 35.8 Å². The molecule has 7 nitrogen and oxygen atoms in total. The number of likely N-dealkylation sites (tertiary alicyclic amines) is 1. The zero-order chi connectivity index (χ0) is 14.1. The Balaban J connectivity index is 2.02. The number of nitrogens with zero attached hydrogens (tertiary/aromatic N) is 5. The first-order valence-corrected chi connectivity index (χ1v) is 6.85. The molecule has 0 unspecified atom stereocenters. The molecule has 1 atom stereocenters. The number of hydrogen-bond acceptors (Lipinski definition) is 5. The predicted molar refractivity (Wildman–Crippen MR) is 71.3 cm³/mol. The molecule has 1 aliphatic rings. The molecular weight excluding hydrogens is 258 g/mol. The Hall–Kier alpha value is -2.02. The SMILES string of the molecule is CCc1c(C(=O)N2CCC[C@@H]2CO)cnc2ncnn12. The largest absolute Gasteiger partial charge is 0.394 e. The number of carbonyl (C=O) groups excluding carboxylic acids is 1. The normalized spacial score (nSPS) is 18.9. The van der Waals surface area contributed by atoms with Gasteiger partial charge in [-0.1, -0.05) is 6.92 Å². The molecule has 7 heteroatoms. The molecular formula is C13H17N5O2.